The zero-order valence-corrected chi connectivity index (χ0v) is 10.8. The van der Waals surface area contributed by atoms with Crippen LogP contribution in [0.3, 0.4) is 0 Å². The summed E-state index contributed by atoms with van der Waals surface area (Å²) in [4.78, 5) is 10.7. The molecule has 1 unspecified atom stereocenters. The van der Waals surface area contributed by atoms with Crippen LogP contribution >= 0.6 is 0 Å². The van der Waals surface area contributed by atoms with Gasteiger partial charge in [0.25, 0.3) is 0 Å². The van der Waals surface area contributed by atoms with Crippen LogP contribution in [0.4, 0.5) is 0 Å². The number of carboxylic acids is 1. The number of unbranched alkanes of at least 4 members (excludes halogenated alkanes) is 7. The normalized spacial score (nSPS) is 14.5. The summed E-state index contributed by atoms with van der Waals surface area (Å²) >= 11 is 0. The molecule has 0 heterocycles. The van der Waals surface area contributed by atoms with Crippen LogP contribution in [0.5, 0.6) is 0 Å². The second-order valence-electron chi connectivity index (χ2n) is 4.72. The first-order valence-electron chi connectivity index (χ1n) is 6.63. The third-order valence-electron chi connectivity index (χ3n) is 3.10. The van der Waals surface area contributed by atoms with Gasteiger partial charge >= 0.3 is 5.97 Å². The van der Waals surface area contributed by atoms with Gasteiger partial charge in [0, 0.05) is 0 Å². The molecule has 0 aromatic heterocycles. The van der Waals surface area contributed by atoms with Gasteiger partial charge in [0.05, 0.1) is 6.61 Å². The van der Waals surface area contributed by atoms with E-state index in [9.17, 15) is 9.90 Å². The van der Waals surface area contributed by atoms with Gasteiger partial charge in [-0.15, -0.1) is 0 Å². The van der Waals surface area contributed by atoms with Crippen molar-refractivity contribution in [3.8, 4) is 0 Å². The topological polar surface area (TPSA) is 77.8 Å². The van der Waals surface area contributed by atoms with Crippen LogP contribution in [0, 0.1) is 0 Å². The number of aliphatic carboxylic acids is 1. The summed E-state index contributed by atoms with van der Waals surface area (Å²) in [5, 5.41) is 27.1. The van der Waals surface area contributed by atoms with Gasteiger partial charge in [0.1, 0.15) is 0 Å². The van der Waals surface area contributed by atoms with E-state index in [2.05, 4.69) is 6.92 Å². The Bertz CT molecular complexity index is 206. The lowest BCUT2D eigenvalue weighted by Crippen LogP contribution is -2.42. The summed E-state index contributed by atoms with van der Waals surface area (Å²) in [6.07, 6.45) is 8.97. The van der Waals surface area contributed by atoms with Crippen LogP contribution in [-0.2, 0) is 4.79 Å². The Balaban J connectivity index is 3.47. The number of rotatable bonds is 11. The van der Waals surface area contributed by atoms with E-state index in [0.717, 1.165) is 12.8 Å². The number of aliphatic hydroxyl groups is 2. The Morgan fingerprint density at radius 2 is 1.47 bits per heavy atom. The molecular formula is C13H26O4. The maximum atomic E-state index is 10.7. The summed E-state index contributed by atoms with van der Waals surface area (Å²) < 4.78 is 0. The van der Waals surface area contributed by atoms with Crippen LogP contribution in [0.2, 0.25) is 0 Å². The summed E-state index contributed by atoms with van der Waals surface area (Å²) in [5.41, 5.74) is -1.94. The Labute approximate surface area is 104 Å². The highest BCUT2D eigenvalue weighted by Crippen LogP contribution is 2.16. The molecule has 0 bridgehead atoms. The van der Waals surface area contributed by atoms with Crippen LogP contribution in [0.15, 0.2) is 0 Å². The summed E-state index contributed by atoms with van der Waals surface area (Å²) in [5.74, 6) is -1.33. The second-order valence-corrected chi connectivity index (χ2v) is 4.72. The molecule has 0 aliphatic carbocycles. The molecular weight excluding hydrogens is 220 g/mol. The molecule has 0 rings (SSSR count). The van der Waals surface area contributed by atoms with Gasteiger partial charge in [0.15, 0.2) is 5.60 Å². The number of carboxylic acid groups (broad SMARTS) is 1. The molecule has 3 N–H and O–H groups in total. The summed E-state index contributed by atoms with van der Waals surface area (Å²) in [6.45, 7) is 1.47. The van der Waals surface area contributed by atoms with Crippen LogP contribution in [0.25, 0.3) is 0 Å². The lowest BCUT2D eigenvalue weighted by Gasteiger charge is -2.20. The van der Waals surface area contributed by atoms with Crippen molar-refractivity contribution in [3.63, 3.8) is 0 Å². The minimum absolute atomic E-state index is 0.133. The van der Waals surface area contributed by atoms with Gasteiger partial charge in [0.2, 0.25) is 0 Å². The fourth-order valence-corrected chi connectivity index (χ4v) is 1.80. The van der Waals surface area contributed by atoms with Crippen molar-refractivity contribution < 1.29 is 20.1 Å². The molecule has 4 nitrogen and oxygen atoms in total. The number of carbonyl (C=O) groups is 1. The number of hydrogen-bond donors (Lipinski definition) is 3. The largest absolute Gasteiger partial charge is 0.479 e. The third-order valence-corrected chi connectivity index (χ3v) is 3.10. The van der Waals surface area contributed by atoms with Crippen LogP contribution in [0.1, 0.15) is 64.7 Å². The number of aliphatic hydroxyl groups excluding tert-OH is 1. The fraction of sp³-hybridized carbons (Fsp3) is 0.923. The molecule has 0 fully saturated rings. The van der Waals surface area contributed by atoms with E-state index in [1.807, 2.05) is 0 Å². The molecule has 17 heavy (non-hydrogen) atoms. The number of hydrogen-bond acceptors (Lipinski definition) is 3. The smallest absolute Gasteiger partial charge is 0.338 e. The Morgan fingerprint density at radius 1 is 1.00 bits per heavy atom. The van der Waals surface area contributed by atoms with Gasteiger partial charge in [-0.3, -0.25) is 0 Å². The summed E-state index contributed by atoms with van der Waals surface area (Å²) in [6, 6.07) is 0. The van der Waals surface area contributed by atoms with Crippen LogP contribution in [-0.4, -0.2) is 33.5 Å². The van der Waals surface area contributed by atoms with Crippen molar-refractivity contribution in [2.75, 3.05) is 6.61 Å². The van der Waals surface area contributed by atoms with Gasteiger partial charge in [-0.1, -0.05) is 51.9 Å². The van der Waals surface area contributed by atoms with Crippen molar-refractivity contribution >= 4 is 5.97 Å². The first-order chi connectivity index (χ1) is 8.06. The predicted molar refractivity (Wildman–Crippen MR) is 66.9 cm³/mol. The molecule has 0 amide bonds. The van der Waals surface area contributed by atoms with E-state index < -0.39 is 18.2 Å². The first-order valence-corrected chi connectivity index (χ1v) is 6.63. The average Bonchev–Trinajstić information content (AvgIpc) is 2.32. The molecule has 4 heteroatoms. The molecule has 0 saturated heterocycles. The van der Waals surface area contributed by atoms with E-state index in [1.165, 1.54) is 32.1 Å². The standard InChI is InChI=1S/C13H26O4/c1-2-3-4-5-6-7-8-9-10-13(17,11-14)12(15)16/h14,17H,2-11H2,1H3,(H,15,16). The van der Waals surface area contributed by atoms with Crippen molar-refractivity contribution in [2.24, 2.45) is 0 Å². The molecule has 0 spiro atoms. The molecule has 0 aliphatic rings. The van der Waals surface area contributed by atoms with E-state index in [4.69, 9.17) is 10.2 Å². The maximum Gasteiger partial charge on any atom is 0.338 e. The maximum absolute atomic E-state index is 10.7. The highest BCUT2D eigenvalue weighted by molar-refractivity contribution is 5.77. The van der Waals surface area contributed by atoms with Crippen molar-refractivity contribution in [2.45, 2.75) is 70.3 Å². The predicted octanol–water partition coefficient (Wildman–Crippen LogP) is 2.33. The molecule has 0 aliphatic heterocycles. The average molecular weight is 246 g/mol. The van der Waals surface area contributed by atoms with Crippen molar-refractivity contribution in [3.05, 3.63) is 0 Å². The fourth-order valence-electron chi connectivity index (χ4n) is 1.80. The quantitative estimate of drug-likeness (QED) is 0.489. The highest BCUT2D eigenvalue weighted by atomic mass is 16.4. The van der Waals surface area contributed by atoms with Crippen molar-refractivity contribution in [1.29, 1.82) is 0 Å². The minimum atomic E-state index is -1.94. The zero-order chi connectivity index (χ0) is 13.1. The molecule has 0 saturated carbocycles. The van der Waals surface area contributed by atoms with E-state index in [1.54, 1.807) is 0 Å². The molecule has 102 valence electrons. The van der Waals surface area contributed by atoms with E-state index >= 15 is 0 Å². The molecule has 1 atom stereocenters. The third kappa shape index (κ3) is 7.34. The lowest BCUT2D eigenvalue weighted by molar-refractivity contribution is -0.163. The Kier molecular flexibility index (Phi) is 9.09. The molecule has 0 radical (unpaired) electrons. The molecule has 0 aromatic rings. The lowest BCUT2D eigenvalue weighted by atomic mass is 9.96. The second kappa shape index (κ2) is 9.42. The Morgan fingerprint density at radius 3 is 1.88 bits per heavy atom. The zero-order valence-electron chi connectivity index (χ0n) is 10.8. The van der Waals surface area contributed by atoms with Crippen molar-refractivity contribution in [1.82, 2.24) is 0 Å². The Hall–Kier alpha value is -0.610. The van der Waals surface area contributed by atoms with Crippen LogP contribution < -0.4 is 0 Å². The minimum Gasteiger partial charge on any atom is -0.479 e. The molecule has 0 aromatic carbocycles. The first kappa shape index (κ1) is 16.4. The SMILES string of the molecule is CCCCCCCCCCC(O)(CO)C(=O)O. The highest BCUT2D eigenvalue weighted by Gasteiger charge is 2.34. The van der Waals surface area contributed by atoms with Gasteiger partial charge < -0.3 is 15.3 Å². The van der Waals surface area contributed by atoms with Gasteiger partial charge in [-0.05, 0) is 12.8 Å². The van der Waals surface area contributed by atoms with E-state index in [-0.39, 0.29) is 6.42 Å². The summed E-state index contributed by atoms with van der Waals surface area (Å²) in [7, 11) is 0. The van der Waals surface area contributed by atoms with E-state index in [0.29, 0.717) is 6.42 Å². The van der Waals surface area contributed by atoms with Gasteiger partial charge in [-0.2, -0.15) is 0 Å². The van der Waals surface area contributed by atoms with Gasteiger partial charge in [-0.25, -0.2) is 4.79 Å². The monoisotopic (exact) mass is 246 g/mol.